The number of carbonyl (C=O) groups excluding carboxylic acids is 2. The van der Waals surface area contributed by atoms with Crippen molar-refractivity contribution in [2.24, 2.45) is 0 Å². The molecule has 1 atom stereocenters. The number of nitrogens with zero attached hydrogens (tertiary/aromatic N) is 1. The minimum absolute atomic E-state index is 0.0171. The standard InChI is InChI=1S/C21H23ClN2O2/c1-14-5-10-20-17(12-14)4-3-11-24(20)21(26)13-19(23-15(2)25)16-6-8-18(22)9-7-16/h5-10,12,19H,3-4,11,13H2,1-2H3,(H,23,25). The molecule has 0 saturated carbocycles. The maximum atomic E-state index is 13.0. The summed E-state index contributed by atoms with van der Waals surface area (Å²) in [7, 11) is 0. The molecule has 0 fully saturated rings. The summed E-state index contributed by atoms with van der Waals surface area (Å²) in [6.07, 6.45) is 2.16. The number of anilines is 1. The first-order valence-electron chi connectivity index (χ1n) is 8.86. The summed E-state index contributed by atoms with van der Waals surface area (Å²) in [6, 6.07) is 13.1. The Morgan fingerprint density at radius 3 is 2.62 bits per heavy atom. The van der Waals surface area contributed by atoms with Gasteiger partial charge in [-0.1, -0.05) is 41.4 Å². The van der Waals surface area contributed by atoms with Crippen LogP contribution in [0.1, 0.15) is 42.5 Å². The van der Waals surface area contributed by atoms with E-state index in [1.54, 1.807) is 12.1 Å². The second-order valence-corrected chi connectivity index (χ2v) is 7.23. The van der Waals surface area contributed by atoms with Crippen LogP contribution in [0.3, 0.4) is 0 Å². The first-order chi connectivity index (χ1) is 12.4. The third kappa shape index (κ3) is 4.25. The molecular formula is C21H23ClN2O2. The highest BCUT2D eigenvalue weighted by atomic mass is 35.5. The number of amides is 2. The van der Waals surface area contributed by atoms with Gasteiger partial charge in [0.15, 0.2) is 0 Å². The molecule has 0 aromatic heterocycles. The van der Waals surface area contributed by atoms with Crippen molar-refractivity contribution in [3.8, 4) is 0 Å². The molecule has 136 valence electrons. The monoisotopic (exact) mass is 370 g/mol. The lowest BCUT2D eigenvalue weighted by Gasteiger charge is -2.31. The molecule has 0 bridgehead atoms. The van der Waals surface area contributed by atoms with Crippen molar-refractivity contribution < 1.29 is 9.59 Å². The molecule has 2 aromatic carbocycles. The normalized spacial score (nSPS) is 14.5. The van der Waals surface area contributed by atoms with Crippen LogP contribution in [0.5, 0.6) is 0 Å². The fourth-order valence-corrected chi connectivity index (χ4v) is 3.59. The molecule has 26 heavy (non-hydrogen) atoms. The Labute approximate surface area is 159 Å². The predicted octanol–water partition coefficient (Wildman–Crippen LogP) is 4.20. The SMILES string of the molecule is CC(=O)NC(CC(=O)N1CCCc2cc(C)ccc21)c1ccc(Cl)cc1. The molecule has 0 saturated heterocycles. The Morgan fingerprint density at radius 2 is 1.92 bits per heavy atom. The van der Waals surface area contributed by atoms with E-state index in [9.17, 15) is 9.59 Å². The summed E-state index contributed by atoms with van der Waals surface area (Å²) in [5.41, 5.74) is 4.28. The lowest BCUT2D eigenvalue weighted by molar-refractivity contribution is -0.121. The Hall–Kier alpha value is -2.33. The van der Waals surface area contributed by atoms with E-state index < -0.39 is 0 Å². The van der Waals surface area contributed by atoms with Gasteiger partial charge >= 0.3 is 0 Å². The van der Waals surface area contributed by atoms with E-state index in [1.165, 1.54) is 18.1 Å². The molecule has 1 aliphatic heterocycles. The topological polar surface area (TPSA) is 49.4 Å². The Kier molecular flexibility index (Phi) is 5.62. The summed E-state index contributed by atoms with van der Waals surface area (Å²) in [5, 5.41) is 3.52. The van der Waals surface area contributed by atoms with Gasteiger partial charge in [-0.05, 0) is 49.1 Å². The minimum atomic E-state index is -0.368. The van der Waals surface area contributed by atoms with Crippen LogP contribution < -0.4 is 10.2 Å². The van der Waals surface area contributed by atoms with Crippen LogP contribution >= 0.6 is 11.6 Å². The van der Waals surface area contributed by atoms with E-state index in [4.69, 9.17) is 11.6 Å². The molecule has 0 aliphatic carbocycles. The van der Waals surface area contributed by atoms with Crippen LogP contribution in [0.4, 0.5) is 5.69 Å². The molecular weight excluding hydrogens is 348 g/mol. The van der Waals surface area contributed by atoms with Crippen molar-refractivity contribution >= 4 is 29.1 Å². The highest BCUT2D eigenvalue weighted by Gasteiger charge is 2.26. The third-order valence-electron chi connectivity index (χ3n) is 4.68. The molecule has 0 spiro atoms. The van der Waals surface area contributed by atoms with E-state index >= 15 is 0 Å². The highest BCUT2D eigenvalue weighted by Crippen LogP contribution is 2.30. The van der Waals surface area contributed by atoms with Gasteiger partial charge in [-0.15, -0.1) is 0 Å². The largest absolute Gasteiger partial charge is 0.349 e. The molecule has 1 heterocycles. The van der Waals surface area contributed by atoms with Gasteiger partial charge in [-0.25, -0.2) is 0 Å². The highest BCUT2D eigenvalue weighted by molar-refractivity contribution is 6.30. The van der Waals surface area contributed by atoms with Crippen LogP contribution in [-0.2, 0) is 16.0 Å². The van der Waals surface area contributed by atoms with Gasteiger partial charge in [0.05, 0.1) is 12.5 Å². The number of nitrogens with one attached hydrogen (secondary N) is 1. The van der Waals surface area contributed by atoms with Crippen molar-refractivity contribution in [3.05, 3.63) is 64.2 Å². The molecule has 3 rings (SSSR count). The van der Waals surface area contributed by atoms with Gasteiger partial charge in [-0.2, -0.15) is 0 Å². The quantitative estimate of drug-likeness (QED) is 0.877. The Morgan fingerprint density at radius 1 is 1.19 bits per heavy atom. The lowest BCUT2D eigenvalue weighted by Crippen LogP contribution is -2.38. The number of aryl methyl sites for hydroxylation is 2. The van der Waals surface area contributed by atoms with Crippen molar-refractivity contribution in [3.63, 3.8) is 0 Å². The zero-order chi connectivity index (χ0) is 18.7. The second-order valence-electron chi connectivity index (χ2n) is 6.79. The molecule has 4 nitrogen and oxygen atoms in total. The van der Waals surface area contributed by atoms with Crippen molar-refractivity contribution in [1.29, 1.82) is 0 Å². The van der Waals surface area contributed by atoms with Crippen LogP contribution in [0.15, 0.2) is 42.5 Å². The Balaban J connectivity index is 1.82. The molecule has 1 N–H and O–H groups in total. The predicted molar refractivity (Wildman–Crippen MR) is 104 cm³/mol. The minimum Gasteiger partial charge on any atom is -0.349 e. The van der Waals surface area contributed by atoms with Gasteiger partial charge in [0.1, 0.15) is 0 Å². The number of benzene rings is 2. The number of halogens is 1. The van der Waals surface area contributed by atoms with E-state index in [0.717, 1.165) is 24.1 Å². The van der Waals surface area contributed by atoms with Gasteiger partial charge < -0.3 is 10.2 Å². The number of hydrogen-bond acceptors (Lipinski definition) is 2. The average Bonchev–Trinajstić information content (AvgIpc) is 2.60. The van der Waals surface area contributed by atoms with Gasteiger partial charge in [0.25, 0.3) is 0 Å². The van der Waals surface area contributed by atoms with Crippen molar-refractivity contribution in [1.82, 2.24) is 5.32 Å². The van der Waals surface area contributed by atoms with Crippen LogP contribution in [-0.4, -0.2) is 18.4 Å². The van der Waals surface area contributed by atoms with Crippen molar-refractivity contribution in [2.75, 3.05) is 11.4 Å². The number of carbonyl (C=O) groups is 2. The summed E-state index contributed by atoms with van der Waals surface area (Å²) in [4.78, 5) is 26.5. The Bertz CT molecular complexity index is 817. The second kappa shape index (κ2) is 7.92. The number of rotatable bonds is 4. The maximum Gasteiger partial charge on any atom is 0.229 e. The van der Waals surface area contributed by atoms with Crippen LogP contribution in [0.25, 0.3) is 0 Å². The molecule has 2 amide bonds. The smallest absolute Gasteiger partial charge is 0.229 e. The lowest BCUT2D eigenvalue weighted by atomic mass is 9.97. The van der Waals surface area contributed by atoms with Crippen LogP contribution in [0, 0.1) is 6.92 Å². The van der Waals surface area contributed by atoms with Gasteiger partial charge in [0.2, 0.25) is 11.8 Å². The zero-order valence-electron chi connectivity index (χ0n) is 15.1. The molecule has 5 heteroatoms. The maximum absolute atomic E-state index is 13.0. The van der Waals surface area contributed by atoms with Gasteiger partial charge in [0, 0.05) is 24.2 Å². The van der Waals surface area contributed by atoms with E-state index in [1.807, 2.05) is 29.2 Å². The van der Waals surface area contributed by atoms with E-state index in [-0.39, 0.29) is 24.3 Å². The zero-order valence-corrected chi connectivity index (χ0v) is 15.8. The van der Waals surface area contributed by atoms with E-state index in [2.05, 4.69) is 18.3 Å². The fourth-order valence-electron chi connectivity index (χ4n) is 3.46. The average molecular weight is 371 g/mol. The summed E-state index contributed by atoms with van der Waals surface area (Å²) in [5.74, 6) is -0.143. The fraction of sp³-hybridized carbons (Fsp3) is 0.333. The number of hydrogen-bond donors (Lipinski definition) is 1. The molecule has 1 aliphatic rings. The first kappa shape index (κ1) is 18.5. The number of fused-ring (bicyclic) bond motifs is 1. The molecule has 2 aromatic rings. The first-order valence-corrected chi connectivity index (χ1v) is 9.24. The summed E-state index contributed by atoms with van der Waals surface area (Å²) < 4.78 is 0. The molecule has 0 radical (unpaired) electrons. The third-order valence-corrected chi connectivity index (χ3v) is 4.94. The van der Waals surface area contributed by atoms with Crippen molar-refractivity contribution in [2.45, 2.75) is 39.2 Å². The summed E-state index contributed by atoms with van der Waals surface area (Å²) >= 11 is 5.96. The molecule has 1 unspecified atom stereocenters. The van der Waals surface area contributed by atoms with Crippen LogP contribution in [0.2, 0.25) is 5.02 Å². The van der Waals surface area contributed by atoms with E-state index in [0.29, 0.717) is 11.6 Å². The van der Waals surface area contributed by atoms with Gasteiger partial charge in [-0.3, -0.25) is 9.59 Å². The summed E-state index contributed by atoms with van der Waals surface area (Å²) in [6.45, 7) is 4.24.